The molecule has 0 radical (unpaired) electrons. The number of hydrogen-bond donors (Lipinski definition) is 1. The molecule has 0 aliphatic rings. The molecule has 0 saturated carbocycles. The lowest BCUT2D eigenvalue weighted by Gasteiger charge is -2.32. The molecule has 3 heteroatoms. The minimum atomic E-state index is -0.110. The van der Waals surface area contributed by atoms with Gasteiger partial charge in [-0.25, -0.2) is 0 Å². The van der Waals surface area contributed by atoms with Gasteiger partial charge in [0.1, 0.15) is 5.75 Å². The summed E-state index contributed by atoms with van der Waals surface area (Å²) in [5, 5.41) is 9.42. The van der Waals surface area contributed by atoms with Gasteiger partial charge in [-0.15, -0.1) is 0 Å². The fraction of sp³-hybridized carbons (Fsp3) is 0.625. The molecule has 0 heterocycles. The third kappa shape index (κ3) is 3.41. The third-order valence-electron chi connectivity index (χ3n) is 3.70. The smallest absolute Gasteiger partial charge is 0.122 e. The maximum atomic E-state index is 9.42. The summed E-state index contributed by atoms with van der Waals surface area (Å²) in [5.41, 5.74) is 4.75. The molecular formula is C16H27NO2. The molecule has 19 heavy (non-hydrogen) atoms. The van der Waals surface area contributed by atoms with Crippen molar-refractivity contribution in [2.24, 2.45) is 5.41 Å². The number of aliphatic hydroxyl groups excluding tert-OH is 1. The Morgan fingerprint density at radius 3 is 2.26 bits per heavy atom. The molecule has 0 amide bonds. The molecule has 0 saturated heterocycles. The number of nitrogens with zero attached hydrogens (tertiary/aromatic N) is 1. The third-order valence-corrected chi connectivity index (χ3v) is 3.70. The van der Waals surface area contributed by atoms with Crippen molar-refractivity contribution < 1.29 is 9.84 Å². The zero-order valence-electron chi connectivity index (χ0n) is 13.3. The van der Waals surface area contributed by atoms with E-state index in [1.165, 1.54) is 22.4 Å². The van der Waals surface area contributed by atoms with Gasteiger partial charge in [-0.05, 0) is 43.5 Å². The van der Waals surface area contributed by atoms with E-state index in [4.69, 9.17) is 4.74 Å². The van der Waals surface area contributed by atoms with Crippen LogP contribution < -0.4 is 9.64 Å². The summed E-state index contributed by atoms with van der Waals surface area (Å²) in [7, 11) is 3.79. The molecule has 1 aromatic rings. The fourth-order valence-electron chi connectivity index (χ4n) is 2.60. The van der Waals surface area contributed by atoms with E-state index in [-0.39, 0.29) is 12.0 Å². The summed E-state index contributed by atoms with van der Waals surface area (Å²) in [4.78, 5) is 2.23. The maximum absolute atomic E-state index is 9.42. The van der Waals surface area contributed by atoms with Crippen molar-refractivity contribution in [2.75, 3.05) is 32.2 Å². The van der Waals surface area contributed by atoms with Gasteiger partial charge < -0.3 is 14.7 Å². The number of aliphatic hydroxyl groups is 1. The molecule has 0 spiro atoms. The second kappa shape index (κ2) is 5.83. The summed E-state index contributed by atoms with van der Waals surface area (Å²) >= 11 is 0. The predicted molar refractivity (Wildman–Crippen MR) is 81.3 cm³/mol. The second-order valence-corrected chi connectivity index (χ2v) is 6.17. The number of methoxy groups -OCH3 is 1. The Morgan fingerprint density at radius 1 is 1.21 bits per heavy atom. The van der Waals surface area contributed by atoms with Crippen LogP contribution >= 0.6 is 0 Å². The van der Waals surface area contributed by atoms with Gasteiger partial charge in [0.2, 0.25) is 0 Å². The van der Waals surface area contributed by atoms with Crippen LogP contribution in [0.15, 0.2) is 6.07 Å². The molecule has 0 aromatic heterocycles. The van der Waals surface area contributed by atoms with Crippen LogP contribution in [-0.2, 0) is 0 Å². The standard InChI is InChI=1S/C16H27NO2/c1-11-8-14(19-7)12(2)13(3)15(11)17(6)9-16(4,5)10-18/h8,18H,9-10H2,1-7H3. The highest BCUT2D eigenvalue weighted by atomic mass is 16.5. The number of aryl methyl sites for hydroxylation is 1. The Labute approximate surface area is 117 Å². The van der Waals surface area contributed by atoms with Crippen molar-refractivity contribution in [1.29, 1.82) is 0 Å². The van der Waals surface area contributed by atoms with Crippen molar-refractivity contribution in [3.8, 4) is 5.75 Å². The van der Waals surface area contributed by atoms with Gasteiger partial charge in [0.05, 0.1) is 7.11 Å². The second-order valence-electron chi connectivity index (χ2n) is 6.17. The molecule has 1 aromatic carbocycles. The molecule has 0 aliphatic carbocycles. The highest BCUT2D eigenvalue weighted by Crippen LogP contribution is 2.34. The summed E-state index contributed by atoms with van der Waals surface area (Å²) in [6.07, 6.45) is 0. The lowest BCUT2D eigenvalue weighted by molar-refractivity contribution is 0.165. The Bertz CT molecular complexity index is 453. The molecule has 0 fully saturated rings. The molecule has 1 rings (SSSR count). The number of hydrogen-bond acceptors (Lipinski definition) is 3. The number of ether oxygens (including phenoxy) is 1. The highest BCUT2D eigenvalue weighted by Gasteiger charge is 2.22. The number of benzene rings is 1. The number of anilines is 1. The van der Waals surface area contributed by atoms with Crippen LogP contribution in [0.25, 0.3) is 0 Å². The highest BCUT2D eigenvalue weighted by molar-refractivity contribution is 5.64. The molecule has 0 unspecified atom stereocenters. The molecule has 0 atom stereocenters. The molecular weight excluding hydrogens is 238 g/mol. The first-order chi connectivity index (χ1) is 8.73. The van der Waals surface area contributed by atoms with E-state index >= 15 is 0 Å². The minimum Gasteiger partial charge on any atom is -0.496 e. The van der Waals surface area contributed by atoms with E-state index in [9.17, 15) is 5.11 Å². The zero-order valence-corrected chi connectivity index (χ0v) is 13.3. The van der Waals surface area contributed by atoms with Crippen LogP contribution in [0, 0.1) is 26.2 Å². The van der Waals surface area contributed by atoms with Crippen molar-refractivity contribution in [1.82, 2.24) is 0 Å². The van der Waals surface area contributed by atoms with Crippen LogP contribution in [0.1, 0.15) is 30.5 Å². The average Bonchev–Trinajstić information content (AvgIpc) is 2.33. The quantitative estimate of drug-likeness (QED) is 0.888. The SMILES string of the molecule is COc1cc(C)c(N(C)CC(C)(C)CO)c(C)c1C. The Balaban J connectivity index is 3.17. The van der Waals surface area contributed by atoms with E-state index in [0.29, 0.717) is 0 Å². The molecule has 3 nitrogen and oxygen atoms in total. The maximum Gasteiger partial charge on any atom is 0.122 e. The summed E-state index contributed by atoms with van der Waals surface area (Å²) in [5.74, 6) is 0.938. The van der Waals surface area contributed by atoms with Crippen LogP contribution in [0.4, 0.5) is 5.69 Å². The average molecular weight is 265 g/mol. The van der Waals surface area contributed by atoms with Gasteiger partial charge >= 0.3 is 0 Å². The normalized spacial score (nSPS) is 11.6. The predicted octanol–water partition coefficient (Wildman–Crippen LogP) is 3.08. The van der Waals surface area contributed by atoms with E-state index in [0.717, 1.165) is 12.3 Å². The first kappa shape index (κ1) is 15.8. The Hall–Kier alpha value is -1.22. The van der Waals surface area contributed by atoms with Gasteiger partial charge in [0.15, 0.2) is 0 Å². The summed E-state index contributed by atoms with van der Waals surface area (Å²) in [6, 6.07) is 2.08. The first-order valence-corrected chi connectivity index (χ1v) is 6.70. The van der Waals surface area contributed by atoms with Crippen molar-refractivity contribution in [3.05, 3.63) is 22.8 Å². The Kier molecular flexibility index (Phi) is 4.86. The van der Waals surface area contributed by atoms with E-state index < -0.39 is 0 Å². The first-order valence-electron chi connectivity index (χ1n) is 6.70. The van der Waals surface area contributed by atoms with E-state index in [1.807, 2.05) is 0 Å². The van der Waals surface area contributed by atoms with Crippen LogP contribution in [0.5, 0.6) is 5.75 Å². The minimum absolute atomic E-state index is 0.110. The van der Waals surface area contributed by atoms with Gasteiger partial charge in [0, 0.05) is 31.3 Å². The van der Waals surface area contributed by atoms with Crippen molar-refractivity contribution in [3.63, 3.8) is 0 Å². The Morgan fingerprint density at radius 2 is 1.79 bits per heavy atom. The van der Waals surface area contributed by atoms with Crippen molar-refractivity contribution >= 4 is 5.69 Å². The van der Waals surface area contributed by atoms with Crippen LogP contribution in [0.2, 0.25) is 0 Å². The van der Waals surface area contributed by atoms with Crippen LogP contribution in [-0.4, -0.2) is 32.4 Å². The van der Waals surface area contributed by atoms with E-state index in [1.54, 1.807) is 7.11 Å². The molecule has 0 bridgehead atoms. The number of rotatable bonds is 5. The van der Waals surface area contributed by atoms with Gasteiger partial charge in [0.25, 0.3) is 0 Å². The largest absolute Gasteiger partial charge is 0.496 e. The fourth-order valence-corrected chi connectivity index (χ4v) is 2.60. The van der Waals surface area contributed by atoms with Gasteiger partial charge in [-0.3, -0.25) is 0 Å². The lowest BCUT2D eigenvalue weighted by atomic mass is 9.93. The van der Waals surface area contributed by atoms with Crippen LogP contribution in [0.3, 0.4) is 0 Å². The molecule has 1 N–H and O–H groups in total. The van der Waals surface area contributed by atoms with Gasteiger partial charge in [-0.2, -0.15) is 0 Å². The molecule has 108 valence electrons. The summed E-state index contributed by atoms with van der Waals surface area (Å²) in [6.45, 7) is 11.5. The van der Waals surface area contributed by atoms with E-state index in [2.05, 4.69) is 52.6 Å². The topological polar surface area (TPSA) is 32.7 Å². The summed E-state index contributed by atoms with van der Waals surface area (Å²) < 4.78 is 5.40. The zero-order chi connectivity index (χ0) is 14.8. The van der Waals surface area contributed by atoms with Gasteiger partial charge in [-0.1, -0.05) is 13.8 Å². The lowest BCUT2D eigenvalue weighted by Crippen LogP contribution is -2.34. The van der Waals surface area contributed by atoms with Crippen molar-refractivity contribution in [2.45, 2.75) is 34.6 Å². The monoisotopic (exact) mass is 265 g/mol. The molecule has 0 aliphatic heterocycles.